The molecule has 1 amide bonds. The van der Waals surface area contributed by atoms with Gasteiger partial charge >= 0.3 is 0 Å². The first kappa shape index (κ1) is 25.8. The van der Waals surface area contributed by atoms with Gasteiger partial charge in [-0.3, -0.25) is 4.79 Å². The number of halogens is 1. The number of hydrogen-bond donors (Lipinski definition) is 2. The fourth-order valence-corrected chi connectivity index (χ4v) is 3.51. The Bertz CT molecular complexity index is 1250. The first-order chi connectivity index (χ1) is 17.0. The van der Waals surface area contributed by atoms with Gasteiger partial charge in [0.15, 0.2) is 11.5 Å². The van der Waals surface area contributed by atoms with Crippen LogP contribution in [-0.2, 0) is 4.79 Å². The van der Waals surface area contributed by atoms with Crippen molar-refractivity contribution in [3.05, 3.63) is 95.8 Å². The number of hydrogen-bond acceptors (Lipinski definition) is 5. The number of para-hydroxylation sites is 2. The van der Waals surface area contributed by atoms with Crippen LogP contribution in [0, 0.1) is 0 Å². The van der Waals surface area contributed by atoms with E-state index in [0.717, 1.165) is 10.8 Å². The molecule has 35 heavy (non-hydrogen) atoms. The predicted octanol–water partition coefficient (Wildman–Crippen LogP) is 6.30. The second-order valence-corrected chi connectivity index (χ2v) is 7.97. The summed E-state index contributed by atoms with van der Waals surface area (Å²) in [5.41, 5.74) is 1.24. The van der Waals surface area contributed by atoms with Gasteiger partial charge in [-0.2, -0.15) is 0 Å². The highest BCUT2D eigenvalue weighted by Gasteiger charge is 2.21. The Labute approximate surface area is 211 Å². The number of benzene rings is 2. The number of nitrogens with zero attached hydrogens (tertiary/aromatic N) is 1. The van der Waals surface area contributed by atoms with Crippen LogP contribution >= 0.6 is 11.6 Å². The monoisotopic (exact) mass is 491 g/mol. The van der Waals surface area contributed by atoms with E-state index in [1.165, 1.54) is 0 Å². The Balaban J connectivity index is 0.00000167. The first-order valence-electron chi connectivity index (χ1n) is 11.5. The molecule has 1 aromatic heterocycles. The number of ether oxygens (including phenoxy) is 2. The summed E-state index contributed by atoms with van der Waals surface area (Å²) in [7, 11) is 0. The van der Waals surface area contributed by atoms with Gasteiger partial charge in [-0.05, 0) is 54.8 Å². The van der Waals surface area contributed by atoms with Crippen molar-refractivity contribution < 1.29 is 14.3 Å². The molecule has 0 aliphatic carbocycles. The Morgan fingerprint density at radius 2 is 1.94 bits per heavy atom. The smallest absolute Gasteiger partial charge is 0.247 e. The molecule has 6 nitrogen and oxygen atoms in total. The Morgan fingerprint density at radius 1 is 1.17 bits per heavy atom. The lowest BCUT2D eigenvalue weighted by atomic mass is 10.1. The summed E-state index contributed by atoms with van der Waals surface area (Å²) in [4.78, 5) is 16.9. The van der Waals surface area contributed by atoms with Crippen molar-refractivity contribution in [1.29, 1.82) is 0 Å². The number of fused-ring (bicyclic) bond motifs is 2. The van der Waals surface area contributed by atoms with Gasteiger partial charge < -0.3 is 20.1 Å². The molecule has 0 radical (unpaired) electrons. The van der Waals surface area contributed by atoms with Crippen LogP contribution in [0.4, 0.5) is 5.82 Å². The molecule has 7 heteroatoms. The third kappa shape index (κ3) is 6.87. The average Bonchev–Trinajstić information content (AvgIpc) is 2.90. The van der Waals surface area contributed by atoms with Gasteiger partial charge in [0.2, 0.25) is 5.91 Å². The number of allylic oxidation sites excluding steroid dienone is 3. The summed E-state index contributed by atoms with van der Waals surface area (Å²) in [6.45, 7) is 10.3. The van der Waals surface area contributed by atoms with E-state index in [-0.39, 0.29) is 12.0 Å². The largest absolute Gasteiger partial charge is 0.486 e. The number of carbonyl (C=O) groups is 1. The second-order valence-electron chi connectivity index (χ2n) is 7.53. The van der Waals surface area contributed by atoms with Gasteiger partial charge in [0.05, 0.1) is 6.54 Å². The van der Waals surface area contributed by atoms with Crippen LogP contribution in [0.25, 0.3) is 10.8 Å². The maximum Gasteiger partial charge on any atom is 0.247 e. The average molecular weight is 492 g/mol. The van der Waals surface area contributed by atoms with Crippen molar-refractivity contribution in [2.45, 2.75) is 26.9 Å². The van der Waals surface area contributed by atoms with E-state index in [1.54, 1.807) is 31.3 Å². The molecular weight excluding hydrogens is 462 g/mol. The number of pyridine rings is 1. The third-order valence-corrected chi connectivity index (χ3v) is 5.37. The molecule has 4 rings (SSSR count). The number of aromatic nitrogens is 1. The molecule has 0 fully saturated rings. The van der Waals surface area contributed by atoms with E-state index < -0.39 is 0 Å². The summed E-state index contributed by atoms with van der Waals surface area (Å²) in [6.07, 6.45) is 6.65. The Hall–Kier alpha value is -3.77. The molecule has 0 saturated heterocycles. The van der Waals surface area contributed by atoms with E-state index in [9.17, 15) is 4.79 Å². The molecule has 1 atom stereocenters. The lowest BCUT2D eigenvalue weighted by Crippen LogP contribution is -2.40. The van der Waals surface area contributed by atoms with E-state index in [2.05, 4.69) is 22.2 Å². The van der Waals surface area contributed by atoms with Crippen LogP contribution < -0.4 is 20.1 Å². The lowest BCUT2D eigenvalue weighted by Gasteiger charge is -2.26. The van der Waals surface area contributed by atoms with E-state index in [1.807, 2.05) is 62.4 Å². The number of amides is 1. The highest BCUT2D eigenvalue weighted by Crippen LogP contribution is 2.30. The van der Waals surface area contributed by atoms with E-state index in [0.29, 0.717) is 46.8 Å². The summed E-state index contributed by atoms with van der Waals surface area (Å²) >= 11 is 6.15. The Morgan fingerprint density at radius 3 is 2.71 bits per heavy atom. The number of rotatable bonds is 7. The van der Waals surface area contributed by atoms with Gasteiger partial charge in [0.1, 0.15) is 18.5 Å². The molecule has 0 saturated carbocycles. The minimum atomic E-state index is -0.248. The normalized spacial score (nSPS) is 15.0. The second kappa shape index (κ2) is 12.6. The van der Waals surface area contributed by atoms with Gasteiger partial charge in [0.25, 0.3) is 0 Å². The fourth-order valence-electron chi connectivity index (χ4n) is 3.34. The number of nitrogens with one attached hydrogen (secondary N) is 2. The van der Waals surface area contributed by atoms with Gasteiger partial charge in [-0.15, -0.1) is 0 Å². The molecule has 1 aliphatic heterocycles. The quantitative estimate of drug-likeness (QED) is 0.300. The van der Waals surface area contributed by atoms with Crippen molar-refractivity contribution >= 4 is 34.1 Å². The van der Waals surface area contributed by atoms with Gasteiger partial charge in [0, 0.05) is 27.9 Å². The molecule has 1 unspecified atom stereocenters. The summed E-state index contributed by atoms with van der Waals surface area (Å²) < 4.78 is 11.6. The van der Waals surface area contributed by atoms with Crippen molar-refractivity contribution in [2.75, 3.05) is 18.5 Å². The van der Waals surface area contributed by atoms with Crippen molar-refractivity contribution in [3.63, 3.8) is 0 Å². The minimum absolute atomic E-state index is 0.188. The fraction of sp³-hybridized carbons (Fsp3) is 0.214. The molecular formula is C28H30ClN3O3. The Kier molecular flexibility index (Phi) is 9.32. The van der Waals surface area contributed by atoms with E-state index in [4.69, 9.17) is 21.1 Å². The number of carbonyl (C=O) groups excluding carboxylic acids is 1. The predicted molar refractivity (Wildman–Crippen MR) is 143 cm³/mol. The first-order valence-corrected chi connectivity index (χ1v) is 11.9. The minimum Gasteiger partial charge on any atom is -0.486 e. The van der Waals surface area contributed by atoms with E-state index >= 15 is 0 Å². The zero-order valence-corrected chi connectivity index (χ0v) is 20.9. The molecule has 3 aromatic rings. The summed E-state index contributed by atoms with van der Waals surface area (Å²) in [5, 5.41) is 8.68. The molecule has 2 heterocycles. The SMILES string of the molecule is C=C/C(=C\C=C(/C)C(=O)NCC1COc2ccccc2O1)Nc1nccc2ccc(Cl)cc12.CC. The molecule has 182 valence electrons. The number of anilines is 1. The van der Waals surface area contributed by atoms with Crippen LogP contribution in [0.2, 0.25) is 5.02 Å². The molecule has 2 N–H and O–H groups in total. The van der Waals surface area contributed by atoms with Gasteiger partial charge in [-0.1, -0.05) is 56.3 Å². The lowest BCUT2D eigenvalue weighted by molar-refractivity contribution is -0.117. The molecule has 1 aliphatic rings. The zero-order chi connectivity index (χ0) is 25.2. The van der Waals surface area contributed by atoms with Crippen LogP contribution in [0.1, 0.15) is 20.8 Å². The highest BCUT2D eigenvalue weighted by molar-refractivity contribution is 6.31. The summed E-state index contributed by atoms with van der Waals surface area (Å²) in [6, 6.07) is 15.0. The van der Waals surface area contributed by atoms with Crippen LogP contribution in [0.3, 0.4) is 0 Å². The third-order valence-electron chi connectivity index (χ3n) is 5.14. The zero-order valence-electron chi connectivity index (χ0n) is 20.2. The van der Waals surface area contributed by atoms with Crippen molar-refractivity contribution in [2.24, 2.45) is 0 Å². The van der Waals surface area contributed by atoms with Crippen molar-refractivity contribution in [3.8, 4) is 11.5 Å². The van der Waals surface area contributed by atoms with Gasteiger partial charge in [-0.25, -0.2) is 4.98 Å². The van der Waals surface area contributed by atoms with Crippen LogP contribution in [0.5, 0.6) is 11.5 Å². The molecule has 0 bridgehead atoms. The maximum absolute atomic E-state index is 12.5. The van der Waals surface area contributed by atoms with Crippen molar-refractivity contribution in [1.82, 2.24) is 10.3 Å². The highest BCUT2D eigenvalue weighted by atomic mass is 35.5. The van der Waals surface area contributed by atoms with Crippen LogP contribution in [-0.4, -0.2) is 30.1 Å². The van der Waals surface area contributed by atoms with Crippen LogP contribution in [0.15, 0.2) is 90.8 Å². The standard InChI is InChI=1S/C26H24ClN3O3.C2H6/c1-3-20(30-25-22-14-19(27)10-9-18(22)12-13-28-25)11-8-17(2)26(31)29-15-21-16-32-23-6-4-5-7-24(23)33-21;1-2/h3-14,21H,1,15-16H2,2H3,(H,28,30)(H,29,31);1-2H3/b17-8+,20-11+;. The molecule has 2 aromatic carbocycles. The maximum atomic E-state index is 12.5. The molecule has 0 spiro atoms. The topological polar surface area (TPSA) is 72.5 Å². The summed E-state index contributed by atoms with van der Waals surface area (Å²) in [5.74, 6) is 1.87.